The van der Waals surface area contributed by atoms with Crippen LogP contribution in [-0.4, -0.2) is 44.0 Å². The summed E-state index contributed by atoms with van der Waals surface area (Å²) in [5.41, 5.74) is 0.649. The maximum Gasteiger partial charge on any atom is 0.419 e. The first-order valence-corrected chi connectivity index (χ1v) is 11.6. The molecule has 1 aromatic heterocycles. The Bertz CT molecular complexity index is 1310. The van der Waals surface area contributed by atoms with Crippen LogP contribution in [0.15, 0.2) is 67.5 Å². The van der Waals surface area contributed by atoms with Crippen LogP contribution >= 0.6 is 0 Å². The first-order chi connectivity index (χ1) is 13.2. The van der Waals surface area contributed by atoms with Crippen LogP contribution in [0.2, 0.25) is 0 Å². The van der Waals surface area contributed by atoms with Gasteiger partial charge in [-0.05, 0) is 36.8 Å². The van der Waals surface area contributed by atoms with E-state index in [1.165, 1.54) is 46.3 Å². The zero-order chi connectivity index (χ0) is 20.1. The van der Waals surface area contributed by atoms with Crippen LogP contribution in [0.25, 0.3) is 11.1 Å². The molecule has 0 spiro atoms. The standard InChI is InChI=1S/C18H18N2O6S2/c1-19-16-11-14(7-8-17(16)26-18(19)21)28(24,25)20-10-9-15(12-20)27(22,23)13-5-3-2-4-6-13/h2-8,11,15H,9-10,12H2,1H3. The zero-order valence-corrected chi connectivity index (χ0v) is 16.6. The van der Waals surface area contributed by atoms with E-state index in [-0.39, 0.29) is 34.9 Å². The highest BCUT2D eigenvalue weighted by atomic mass is 32.2. The smallest absolute Gasteiger partial charge is 0.408 e. The van der Waals surface area contributed by atoms with Crippen molar-refractivity contribution in [3.05, 3.63) is 59.1 Å². The minimum absolute atomic E-state index is 0.00541. The molecule has 3 aromatic rings. The van der Waals surface area contributed by atoms with Crippen LogP contribution in [-0.2, 0) is 26.9 Å². The van der Waals surface area contributed by atoms with E-state index >= 15 is 0 Å². The summed E-state index contributed by atoms with van der Waals surface area (Å²) in [7, 11) is -6.03. The van der Waals surface area contributed by atoms with E-state index in [0.717, 1.165) is 0 Å². The molecule has 0 radical (unpaired) electrons. The Kier molecular flexibility index (Phi) is 4.44. The van der Waals surface area contributed by atoms with Gasteiger partial charge in [-0.1, -0.05) is 18.2 Å². The fourth-order valence-corrected chi connectivity index (χ4v) is 6.72. The third-order valence-corrected chi connectivity index (χ3v) is 9.07. The van der Waals surface area contributed by atoms with Crippen molar-refractivity contribution in [2.75, 3.05) is 13.1 Å². The average Bonchev–Trinajstić information content (AvgIpc) is 3.29. The molecule has 0 bridgehead atoms. The summed E-state index contributed by atoms with van der Waals surface area (Å²) in [6.45, 7) is 0.00331. The summed E-state index contributed by atoms with van der Waals surface area (Å²) >= 11 is 0. The third kappa shape index (κ3) is 2.97. The van der Waals surface area contributed by atoms with E-state index in [9.17, 15) is 21.6 Å². The molecule has 1 fully saturated rings. The molecule has 8 nitrogen and oxygen atoms in total. The first-order valence-electron chi connectivity index (χ1n) is 8.60. The molecule has 4 rings (SSSR count). The lowest BCUT2D eigenvalue weighted by Gasteiger charge is -2.17. The summed E-state index contributed by atoms with van der Waals surface area (Å²) < 4.78 is 59.0. The molecular weight excluding hydrogens is 404 g/mol. The number of nitrogens with zero attached hydrogens (tertiary/aromatic N) is 2. The highest BCUT2D eigenvalue weighted by Crippen LogP contribution is 2.29. The summed E-state index contributed by atoms with van der Waals surface area (Å²) in [4.78, 5) is 11.8. The van der Waals surface area contributed by atoms with Gasteiger partial charge >= 0.3 is 5.76 Å². The lowest BCUT2D eigenvalue weighted by atomic mass is 10.3. The maximum atomic E-state index is 13.0. The van der Waals surface area contributed by atoms with Gasteiger partial charge in [0.25, 0.3) is 0 Å². The van der Waals surface area contributed by atoms with Gasteiger partial charge in [-0.15, -0.1) is 0 Å². The summed E-state index contributed by atoms with van der Waals surface area (Å²) in [5, 5.41) is -0.799. The van der Waals surface area contributed by atoms with Gasteiger partial charge in [0.2, 0.25) is 10.0 Å². The molecule has 2 heterocycles. The van der Waals surface area contributed by atoms with E-state index in [0.29, 0.717) is 5.52 Å². The predicted octanol–water partition coefficient (Wildman–Crippen LogP) is 1.37. The fourth-order valence-electron chi connectivity index (χ4n) is 3.39. The molecule has 1 atom stereocenters. The van der Waals surface area contributed by atoms with Gasteiger partial charge < -0.3 is 4.42 Å². The molecule has 1 aliphatic rings. The van der Waals surface area contributed by atoms with E-state index < -0.39 is 30.9 Å². The van der Waals surface area contributed by atoms with Gasteiger partial charge in [-0.3, -0.25) is 4.57 Å². The van der Waals surface area contributed by atoms with Crippen molar-refractivity contribution < 1.29 is 21.3 Å². The second-order valence-electron chi connectivity index (χ2n) is 6.69. The van der Waals surface area contributed by atoms with Gasteiger partial charge in [0, 0.05) is 20.1 Å². The summed E-state index contributed by atoms with van der Waals surface area (Å²) in [6.07, 6.45) is 0.225. The Morgan fingerprint density at radius 3 is 2.43 bits per heavy atom. The molecule has 1 saturated heterocycles. The second-order valence-corrected chi connectivity index (χ2v) is 10.9. The van der Waals surface area contributed by atoms with Crippen LogP contribution in [0, 0.1) is 0 Å². The Balaban J connectivity index is 1.65. The lowest BCUT2D eigenvalue weighted by molar-refractivity contribution is 0.476. The number of benzene rings is 2. The number of aryl methyl sites for hydroxylation is 1. The van der Waals surface area contributed by atoms with E-state index in [4.69, 9.17) is 4.42 Å². The molecular formula is C18H18N2O6S2. The topological polar surface area (TPSA) is 107 Å². The highest BCUT2D eigenvalue weighted by Gasteiger charge is 2.39. The van der Waals surface area contributed by atoms with Crippen molar-refractivity contribution in [2.24, 2.45) is 7.05 Å². The quantitative estimate of drug-likeness (QED) is 0.629. The lowest BCUT2D eigenvalue weighted by Crippen LogP contribution is -2.32. The number of hydrogen-bond donors (Lipinski definition) is 0. The molecule has 2 aromatic carbocycles. The average molecular weight is 422 g/mol. The molecule has 0 amide bonds. The Morgan fingerprint density at radius 2 is 1.71 bits per heavy atom. The SMILES string of the molecule is Cn1c(=O)oc2ccc(S(=O)(=O)N3CCC(S(=O)(=O)c4ccccc4)C3)cc21. The van der Waals surface area contributed by atoms with E-state index in [1.807, 2.05) is 0 Å². The normalized spacial score (nSPS) is 18.7. The van der Waals surface area contributed by atoms with Crippen molar-refractivity contribution in [2.45, 2.75) is 21.5 Å². The van der Waals surface area contributed by atoms with Crippen molar-refractivity contribution in [3.8, 4) is 0 Å². The largest absolute Gasteiger partial charge is 0.419 e. The van der Waals surface area contributed by atoms with E-state index in [1.54, 1.807) is 18.2 Å². The molecule has 1 aliphatic heterocycles. The molecule has 28 heavy (non-hydrogen) atoms. The van der Waals surface area contributed by atoms with Crippen molar-refractivity contribution in [1.82, 2.24) is 8.87 Å². The minimum atomic E-state index is -3.90. The van der Waals surface area contributed by atoms with Gasteiger partial charge in [0.05, 0.1) is 20.6 Å². The molecule has 0 saturated carbocycles. The fraction of sp³-hybridized carbons (Fsp3) is 0.278. The minimum Gasteiger partial charge on any atom is -0.408 e. The summed E-state index contributed by atoms with van der Waals surface area (Å²) in [5.74, 6) is -0.584. The van der Waals surface area contributed by atoms with Crippen LogP contribution in [0.4, 0.5) is 0 Å². The van der Waals surface area contributed by atoms with Crippen LogP contribution in [0.5, 0.6) is 0 Å². The Hall–Kier alpha value is -2.43. The second kappa shape index (κ2) is 6.57. The van der Waals surface area contributed by atoms with Gasteiger partial charge in [0.1, 0.15) is 0 Å². The zero-order valence-electron chi connectivity index (χ0n) is 15.0. The molecule has 148 valence electrons. The van der Waals surface area contributed by atoms with Gasteiger partial charge in [-0.2, -0.15) is 4.31 Å². The monoisotopic (exact) mass is 422 g/mol. The van der Waals surface area contributed by atoms with Crippen LogP contribution < -0.4 is 5.76 Å². The number of aromatic nitrogens is 1. The number of sulfone groups is 1. The van der Waals surface area contributed by atoms with Crippen LogP contribution in [0.3, 0.4) is 0 Å². The number of fused-ring (bicyclic) bond motifs is 1. The number of sulfonamides is 1. The predicted molar refractivity (Wildman–Crippen MR) is 102 cm³/mol. The van der Waals surface area contributed by atoms with Crippen LogP contribution in [0.1, 0.15) is 6.42 Å². The third-order valence-electron chi connectivity index (χ3n) is 5.02. The Labute approximate surface area is 162 Å². The van der Waals surface area contributed by atoms with Crippen molar-refractivity contribution in [1.29, 1.82) is 0 Å². The molecule has 1 unspecified atom stereocenters. The molecule has 10 heteroatoms. The molecule has 0 aliphatic carbocycles. The molecule has 0 N–H and O–H groups in total. The maximum absolute atomic E-state index is 13.0. The Morgan fingerprint density at radius 1 is 1.00 bits per heavy atom. The van der Waals surface area contributed by atoms with E-state index in [2.05, 4.69) is 0 Å². The summed E-state index contributed by atoms with van der Waals surface area (Å²) in [6, 6.07) is 12.2. The van der Waals surface area contributed by atoms with Gasteiger partial charge in [-0.25, -0.2) is 21.6 Å². The first kappa shape index (κ1) is 18.9. The number of rotatable bonds is 4. The highest BCUT2D eigenvalue weighted by molar-refractivity contribution is 7.92. The van der Waals surface area contributed by atoms with Crippen molar-refractivity contribution in [3.63, 3.8) is 0 Å². The number of oxazole rings is 1. The van der Waals surface area contributed by atoms with Crippen molar-refractivity contribution >= 4 is 31.0 Å². The number of hydrogen-bond acceptors (Lipinski definition) is 6. The van der Waals surface area contributed by atoms with Gasteiger partial charge in [0.15, 0.2) is 15.4 Å².